The van der Waals surface area contributed by atoms with Crippen molar-refractivity contribution in [3.8, 4) is 0 Å². The minimum Gasteiger partial charge on any atom is -0.341 e. The molecule has 0 radical (unpaired) electrons. The second-order valence-electron chi connectivity index (χ2n) is 6.35. The average Bonchev–Trinajstić information content (AvgIpc) is 2.67. The van der Waals surface area contributed by atoms with E-state index in [2.05, 4.69) is 0 Å². The molecule has 7 nitrogen and oxygen atoms in total. The molecule has 1 fully saturated rings. The zero-order chi connectivity index (χ0) is 17.3. The molecule has 2 N–H and O–H groups in total. The molecular formula is C17H22N4O3. The maximum atomic E-state index is 12.8. The lowest BCUT2D eigenvalue weighted by molar-refractivity contribution is -0.133. The standard InChI is InChI=1S/C17H22N4O3/c1-19-14-5-3-2-4-13(14)17(24)21(10-15(19)22)11-16(23)20-8-6-12(18)7-9-20/h2-5,12H,6-11,18H2,1H3. The molecule has 128 valence electrons. The van der Waals surface area contributed by atoms with Gasteiger partial charge in [-0.3, -0.25) is 14.4 Å². The molecule has 2 heterocycles. The number of likely N-dealkylation sites (tertiary alicyclic amines) is 1. The summed E-state index contributed by atoms with van der Waals surface area (Å²) in [6.45, 7) is 1.03. The molecule has 7 heteroatoms. The van der Waals surface area contributed by atoms with Gasteiger partial charge < -0.3 is 20.4 Å². The maximum Gasteiger partial charge on any atom is 0.256 e. The summed E-state index contributed by atoms with van der Waals surface area (Å²) in [6, 6.07) is 7.10. The van der Waals surface area contributed by atoms with Gasteiger partial charge >= 0.3 is 0 Å². The number of amides is 3. The van der Waals surface area contributed by atoms with Crippen LogP contribution in [0.15, 0.2) is 24.3 Å². The first kappa shape index (κ1) is 16.4. The van der Waals surface area contributed by atoms with E-state index in [0.717, 1.165) is 12.8 Å². The Morgan fingerprint density at radius 3 is 2.58 bits per heavy atom. The molecular weight excluding hydrogens is 308 g/mol. The lowest BCUT2D eigenvalue weighted by Gasteiger charge is -2.32. The smallest absolute Gasteiger partial charge is 0.256 e. The minimum atomic E-state index is -0.287. The number of hydrogen-bond acceptors (Lipinski definition) is 4. The number of anilines is 1. The van der Waals surface area contributed by atoms with E-state index in [1.807, 2.05) is 0 Å². The van der Waals surface area contributed by atoms with Crippen LogP contribution >= 0.6 is 0 Å². The predicted octanol–water partition coefficient (Wildman–Crippen LogP) is 0.0549. The number of nitrogens with two attached hydrogens (primary N) is 1. The lowest BCUT2D eigenvalue weighted by atomic mass is 10.1. The summed E-state index contributed by atoms with van der Waals surface area (Å²) < 4.78 is 0. The van der Waals surface area contributed by atoms with Crippen molar-refractivity contribution in [2.24, 2.45) is 5.73 Å². The second kappa shape index (κ2) is 6.60. The van der Waals surface area contributed by atoms with E-state index in [4.69, 9.17) is 5.73 Å². The number of carbonyl (C=O) groups is 3. The quantitative estimate of drug-likeness (QED) is 0.830. The fourth-order valence-electron chi connectivity index (χ4n) is 3.13. The summed E-state index contributed by atoms with van der Waals surface area (Å²) >= 11 is 0. The van der Waals surface area contributed by atoms with E-state index in [-0.39, 0.29) is 36.9 Å². The van der Waals surface area contributed by atoms with E-state index in [9.17, 15) is 14.4 Å². The third kappa shape index (κ3) is 3.12. The number of hydrogen-bond donors (Lipinski definition) is 1. The van der Waals surface area contributed by atoms with Crippen molar-refractivity contribution in [3.63, 3.8) is 0 Å². The fourth-order valence-corrected chi connectivity index (χ4v) is 3.13. The molecule has 2 aliphatic rings. The molecule has 0 bridgehead atoms. The van der Waals surface area contributed by atoms with Crippen LogP contribution in [0.25, 0.3) is 0 Å². The molecule has 0 saturated carbocycles. The summed E-state index contributed by atoms with van der Waals surface area (Å²) in [4.78, 5) is 42.1. The summed E-state index contributed by atoms with van der Waals surface area (Å²) in [7, 11) is 1.64. The van der Waals surface area contributed by atoms with Gasteiger partial charge in [0.25, 0.3) is 5.91 Å². The van der Waals surface area contributed by atoms with Gasteiger partial charge in [-0.1, -0.05) is 12.1 Å². The summed E-state index contributed by atoms with van der Waals surface area (Å²) in [5, 5.41) is 0. The maximum absolute atomic E-state index is 12.8. The van der Waals surface area contributed by atoms with Crippen LogP contribution in [0.5, 0.6) is 0 Å². The largest absolute Gasteiger partial charge is 0.341 e. The van der Waals surface area contributed by atoms with Crippen LogP contribution in [-0.4, -0.2) is 66.8 Å². The highest BCUT2D eigenvalue weighted by molar-refractivity contribution is 6.10. The lowest BCUT2D eigenvalue weighted by Crippen LogP contribution is -2.49. The first-order chi connectivity index (χ1) is 11.5. The highest BCUT2D eigenvalue weighted by atomic mass is 16.2. The zero-order valence-electron chi connectivity index (χ0n) is 13.8. The molecule has 0 unspecified atom stereocenters. The SMILES string of the molecule is CN1C(=O)CN(CC(=O)N2CCC(N)CC2)C(=O)c2ccccc21. The van der Waals surface area contributed by atoms with E-state index in [1.165, 1.54) is 9.80 Å². The average molecular weight is 330 g/mol. The number of rotatable bonds is 2. The molecule has 2 aliphatic heterocycles. The van der Waals surface area contributed by atoms with E-state index in [0.29, 0.717) is 24.3 Å². The Morgan fingerprint density at radius 1 is 1.21 bits per heavy atom. The van der Waals surface area contributed by atoms with Crippen LogP contribution in [0.3, 0.4) is 0 Å². The van der Waals surface area contributed by atoms with Gasteiger partial charge in [-0.25, -0.2) is 0 Å². The van der Waals surface area contributed by atoms with Crippen molar-refractivity contribution in [1.82, 2.24) is 9.80 Å². The third-order valence-corrected chi connectivity index (χ3v) is 4.70. The number of likely N-dealkylation sites (N-methyl/N-ethyl adjacent to an activating group) is 1. The van der Waals surface area contributed by atoms with Gasteiger partial charge in [0.05, 0.1) is 11.3 Å². The van der Waals surface area contributed by atoms with Gasteiger partial charge in [0.15, 0.2) is 0 Å². The van der Waals surface area contributed by atoms with Crippen molar-refractivity contribution < 1.29 is 14.4 Å². The Labute approximate surface area is 141 Å². The van der Waals surface area contributed by atoms with Crippen molar-refractivity contribution in [2.75, 3.05) is 38.1 Å². The van der Waals surface area contributed by atoms with Crippen LogP contribution in [0, 0.1) is 0 Å². The number of piperidine rings is 1. The van der Waals surface area contributed by atoms with Gasteiger partial charge in [-0.2, -0.15) is 0 Å². The Hall–Kier alpha value is -2.41. The van der Waals surface area contributed by atoms with Gasteiger partial charge in [0, 0.05) is 26.2 Å². The predicted molar refractivity (Wildman–Crippen MR) is 89.5 cm³/mol. The summed E-state index contributed by atoms with van der Waals surface area (Å²) in [5.74, 6) is -0.628. The molecule has 24 heavy (non-hydrogen) atoms. The monoisotopic (exact) mass is 330 g/mol. The Balaban J connectivity index is 1.77. The van der Waals surface area contributed by atoms with Gasteiger partial charge in [0.1, 0.15) is 13.1 Å². The van der Waals surface area contributed by atoms with E-state index in [1.54, 1.807) is 36.2 Å². The topological polar surface area (TPSA) is 87.0 Å². The minimum absolute atomic E-state index is 0.0814. The third-order valence-electron chi connectivity index (χ3n) is 4.70. The highest BCUT2D eigenvalue weighted by Gasteiger charge is 2.32. The Bertz CT molecular complexity index is 668. The molecule has 1 aromatic rings. The highest BCUT2D eigenvalue weighted by Crippen LogP contribution is 2.24. The molecule has 0 aromatic heterocycles. The number of para-hydroxylation sites is 1. The van der Waals surface area contributed by atoms with Gasteiger partial charge in [-0.05, 0) is 25.0 Å². The summed E-state index contributed by atoms with van der Waals surface area (Å²) in [5.41, 5.74) is 6.88. The van der Waals surface area contributed by atoms with E-state index < -0.39 is 0 Å². The van der Waals surface area contributed by atoms with Crippen molar-refractivity contribution in [3.05, 3.63) is 29.8 Å². The van der Waals surface area contributed by atoms with Crippen molar-refractivity contribution in [1.29, 1.82) is 0 Å². The van der Waals surface area contributed by atoms with Crippen molar-refractivity contribution >= 4 is 23.4 Å². The number of carbonyl (C=O) groups excluding carboxylic acids is 3. The van der Waals surface area contributed by atoms with Crippen LogP contribution in [0.4, 0.5) is 5.69 Å². The van der Waals surface area contributed by atoms with Crippen LogP contribution in [0.2, 0.25) is 0 Å². The molecule has 3 rings (SSSR count). The van der Waals surface area contributed by atoms with Crippen LogP contribution < -0.4 is 10.6 Å². The Kier molecular flexibility index (Phi) is 4.53. The first-order valence-corrected chi connectivity index (χ1v) is 8.15. The molecule has 3 amide bonds. The molecule has 0 aliphatic carbocycles. The molecule has 0 atom stereocenters. The molecule has 1 saturated heterocycles. The first-order valence-electron chi connectivity index (χ1n) is 8.15. The fraction of sp³-hybridized carbons (Fsp3) is 0.471. The molecule has 1 aromatic carbocycles. The van der Waals surface area contributed by atoms with Gasteiger partial charge in [0.2, 0.25) is 11.8 Å². The summed E-state index contributed by atoms with van der Waals surface area (Å²) in [6.07, 6.45) is 1.54. The Morgan fingerprint density at radius 2 is 1.88 bits per heavy atom. The number of nitrogens with zero attached hydrogens (tertiary/aromatic N) is 3. The normalized spacial score (nSPS) is 19.3. The zero-order valence-corrected chi connectivity index (χ0v) is 13.8. The van der Waals surface area contributed by atoms with Crippen LogP contribution in [-0.2, 0) is 9.59 Å². The van der Waals surface area contributed by atoms with Gasteiger partial charge in [-0.15, -0.1) is 0 Å². The molecule has 0 spiro atoms. The number of benzene rings is 1. The van der Waals surface area contributed by atoms with Crippen molar-refractivity contribution in [2.45, 2.75) is 18.9 Å². The van der Waals surface area contributed by atoms with Crippen LogP contribution in [0.1, 0.15) is 23.2 Å². The number of fused-ring (bicyclic) bond motifs is 1. The second-order valence-corrected chi connectivity index (χ2v) is 6.35. The van der Waals surface area contributed by atoms with E-state index >= 15 is 0 Å².